The first-order chi connectivity index (χ1) is 22.7. The normalized spacial score (nSPS) is 18.5. The molecule has 0 spiro atoms. The predicted octanol–water partition coefficient (Wildman–Crippen LogP) is 5.76. The molecule has 2 aliphatic rings. The summed E-state index contributed by atoms with van der Waals surface area (Å²) in [6, 6.07) is 8.71. The Balaban J connectivity index is 1.36. The average Bonchev–Trinajstić information content (AvgIpc) is 3.68. The van der Waals surface area contributed by atoms with Gasteiger partial charge in [-0.3, -0.25) is 10.1 Å². The van der Waals surface area contributed by atoms with Crippen LogP contribution in [0.2, 0.25) is 0 Å². The molecule has 12 nitrogen and oxygen atoms in total. The number of aliphatic hydroxyl groups is 1. The second-order valence-electron chi connectivity index (χ2n) is 13.5. The number of nitrogens with zero attached hydrogens (tertiary/aromatic N) is 6. The lowest BCUT2D eigenvalue weighted by Gasteiger charge is -2.39. The summed E-state index contributed by atoms with van der Waals surface area (Å²) in [5, 5.41) is 14.5. The smallest absolute Gasteiger partial charge is 0.409 e. The van der Waals surface area contributed by atoms with Crippen LogP contribution < -0.4 is 14.4 Å². The monoisotopic (exact) mass is 685 g/mol. The van der Waals surface area contributed by atoms with Crippen molar-refractivity contribution in [3.63, 3.8) is 0 Å². The summed E-state index contributed by atoms with van der Waals surface area (Å²) in [5.74, 6) is 1.33. The Labute approximate surface area is 281 Å². The maximum atomic E-state index is 13.8. The van der Waals surface area contributed by atoms with E-state index in [2.05, 4.69) is 10.3 Å². The van der Waals surface area contributed by atoms with Gasteiger partial charge in [-0.1, -0.05) is 0 Å². The van der Waals surface area contributed by atoms with Gasteiger partial charge in [0.15, 0.2) is 11.5 Å². The minimum atomic E-state index is -2.71. The number of alkyl carbamates (subject to hydrolysis) is 1. The Bertz CT molecular complexity index is 1870. The zero-order valence-electron chi connectivity index (χ0n) is 27.9. The Morgan fingerprint density at radius 1 is 1.21 bits per heavy atom. The maximum Gasteiger partial charge on any atom is 0.409 e. The number of carbonyl (C=O) groups is 2. The summed E-state index contributed by atoms with van der Waals surface area (Å²) in [6.07, 6.45) is 3.72. The fourth-order valence-electron chi connectivity index (χ4n) is 6.25. The zero-order chi connectivity index (χ0) is 34.5. The Morgan fingerprint density at radius 2 is 1.96 bits per heavy atom. The Kier molecular flexibility index (Phi) is 8.96. The number of aryl methyl sites for hydroxylation is 1. The van der Waals surface area contributed by atoms with E-state index in [4.69, 9.17) is 14.5 Å². The van der Waals surface area contributed by atoms with Crippen LogP contribution in [-0.2, 0) is 18.3 Å². The number of pyridine rings is 1. The molecular weight excluding hydrogens is 644 g/mol. The topological polar surface area (TPSA) is 127 Å². The van der Waals surface area contributed by atoms with E-state index in [0.29, 0.717) is 59.2 Å². The Morgan fingerprint density at radius 3 is 2.60 bits per heavy atom. The lowest BCUT2D eigenvalue weighted by molar-refractivity contribution is -0.0544. The number of rotatable bonds is 9. The molecule has 1 aliphatic heterocycles. The number of hydrogen-bond donors (Lipinski definition) is 2. The number of fused-ring (bicyclic) bond motifs is 2. The van der Waals surface area contributed by atoms with Crippen molar-refractivity contribution in [3.8, 4) is 17.3 Å². The van der Waals surface area contributed by atoms with Crippen LogP contribution in [0.3, 0.4) is 0 Å². The van der Waals surface area contributed by atoms with Crippen molar-refractivity contribution in [1.82, 2.24) is 29.3 Å². The van der Waals surface area contributed by atoms with Gasteiger partial charge < -0.3 is 28.6 Å². The Hall–Kier alpha value is -4.11. The van der Waals surface area contributed by atoms with Gasteiger partial charge >= 0.3 is 12.6 Å². The summed E-state index contributed by atoms with van der Waals surface area (Å²) in [6.45, 7) is 3.43. The van der Waals surface area contributed by atoms with Crippen molar-refractivity contribution in [2.75, 3.05) is 30.8 Å². The molecule has 15 heteroatoms. The van der Waals surface area contributed by atoms with Gasteiger partial charge in [0.25, 0.3) is 5.91 Å². The third-order valence-electron chi connectivity index (χ3n) is 8.59. The third-order valence-corrected chi connectivity index (χ3v) is 9.33. The number of hydrogen-bond acceptors (Lipinski definition) is 9. The highest BCUT2D eigenvalue weighted by molar-refractivity contribution is 7.99. The second-order valence-corrected chi connectivity index (χ2v) is 14.2. The standard InChI is InChI=1S/C33H41F2N7O5S/c1-32(2,3)47-31(44)38-33(45)12-7-13-40(18-33)29(43)21-14-22-26(24(16-21)46-5)39(4)28(36-22)23-15-20-10-11-25(42(48-6)30(34)35)37-27(20)41(23)17-19-8-9-19/h10-11,14-16,19,30,45H,7-9,12-13,17-18H2,1-6H3,(H,38,44). The number of imidazole rings is 1. The number of aromatic nitrogens is 4. The van der Waals surface area contributed by atoms with E-state index in [9.17, 15) is 23.5 Å². The lowest BCUT2D eigenvalue weighted by Crippen LogP contribution is -2.60. The SMILES string of the molecule is COc1cc(C(=O)N2CCCC(O)(NC(=O)OC(C)(C)C)C2)cc2nc(-c3cc4ccc(N(SC)C(F)F)nc4n3CC3CC3)n(C)c12. The number of anilines is 1. The highest BCUT2D eigenvalue weighted by Crippen LogP contribution is 2.38. The molecule has 2 fully saturated rings. The number of carbonyl (C=O) groups excluding carboxylic acids is 2. The molecule has 4 heterocycles. The third kappa shape index (κ3) is 6.75. The zero-order valence-corrected chi connectivity index (χ0v) is 28.7. The largest absolute Gasteiger partial charge is 0.494 e. The second kappa shape index (κ2) is 12.7. The van der Waals surface area contributed by atoms with Gasteiger partial charge in [-0.05, 0) is 94.7 Å². The molecule has 1 aliphatic carbocycles. The van der Waals surface area contributed by atoms with Crippen molar-refractivity contribution in [3.05, 3.63) is 35.9 Å². The van der Waals surface area contributed by atoms with Crippen LogP contribution in [0.1, 0.15) is 56.8 Å². The van der Waals surface area contributed by atoms with Gasteiger partial charge in [0.05, 0.1) is 24.9 Å². The first kappa shape index (κ1) is 33.8. The molecule has 48 heavy (non-hydrogen) atoms. The van der Waals surface area contributed by atoms with Crippen LogP contribution in [0.25, 0.3) is 33.6 Å². The fourth-order valence-corrected chi connectivity index (χ4v) is 6.70. The molecule has 3 aromatic heterocycles. The van der Waals surface area contributed by atoms with E-state index in [1.807, 2.05) is 22.2 Å². The van der Waals surface area contributed by atoms with E-state index in [0.717, 1.165) is 40.2 Å². The molecule has 1 aromatic carbocycles. The number of amides is 2. The van der Waals surface area contributed by atoms with E-state index in [1.165, 1.54) is 12.0 Å². The quantitative estimate of drug-likeness (QED) is 0.128. The van der Waals surface area contributed by atoms with E-state index >= 15 is 0 Å². The summed E-state index contributed by atoms with van der Waals surface area (Å²) in [5.41, 5.74) is 0.506. The predicted molar refractivity (Wildman–Crippen MR) is 180 cm³/mol. The summed E-state index contributed by atoms with van der Waals surface area (Å²) >= 11 is 0.915. The van der Waals surface area contributed by atoms with Gasteiger partial charge in [0.1, 0.15) is 28.3 Å². The molecule has 1 saturated carbocycles. The van der Waals surface area contributed by atoms with Crippen LogP contribution in [0.4, 0.5) is 19.4 Å². The van der Waals surface area contributed by atoms with Gasteiger partial charge in [0.2, 0.25) is 0 Å². The highest BCUT2D eigenvalue weighted by atomic mass is 32.2. The molecule has 1 unspecified atom stereocenters. The van der Waals surface area contributed by atoms with Gasteiger partial charge in [0, 0.05) is 37.3 Å². The summed E-state index contributed by atoms with van der Waals surface area (Å²) < 4.78 is 43.4. The minimum Gasteiger partial charge on any atom is -0.494 e. The number of β-amino-alcohol motifs (C(OH)–C–C–N with tert-alkyl or cyclic N) is 1. The summed E-state index contributed by atoms with van der Waals surface area (Å²) in [4.78, 5) is 37.4. The highest BCUT2D eigenvalue weighted by Gasteiger charge is 2.38. The maximum absolute atomic E-state index is 13.8. The molecule has 1 atom stereocenters. The molecule has 258 valence electrons. The molecule has 0 bridgehead atoms. The number of alkyl halides is 2. The van der Waals surface area contributed by atoms with Crippen LogP contribution >= 0.6 is 11.9 Å². The van der Waals surface area contributed by atoms with Crippen LogP contribution in [-0.4, -0.2) is 85.4 Å². The molecule has 2 amide bonds. The molecular formula is C33H41F2N7O5S. The average molecular weight is 686 g/mol. The van der Waals surface area contributed by atoms with Crippen LogP contribution in [0.5, 0.6) is 5.75 Å². The van der Waals surface area contributed by atoms with Crippen molar-refractivity contribution < 1.29 is 33.0 Å². The van der Waals surface area contributed by atoms with Crippen LogP contribution in [0.15, 0.2) is 30.3 Å². The van der Waals surface area contributed by atoms with E-state index in [1.54, 1.807) is 51.3 Å². The number of nitrogens with one attached hydrogen (secondary N) is 1. The number of piperidine rings is 1. The number of ether oxygens (including phenoxy) is 2. The molecule has 2 N–H and O–H groups in total. The van der Waals surface area contributed by atoms with Crippen molar-refractivity contribution in [2.45, 2.75) is 70.9 Å². The molecule has 1 saturated heterocycles. The van der Waals surface area contributed by atoms with Gasteiger partial charge in [-0.25, -0.2) is 19.1 Å². The van der Waals surface area contributed by atoms with Gasteiger partial charge in [-0.2, -0.15) is 8.78 Å². The first-order valence-electron chi connectivity index (χ1n) is 15.9. The molecule has 0 radical (unpaired) electrons. The molecule has 4 aromatic rings. The lowest BCUT2D eigenvalue weighted by atomic mass is 10.0. The molecule has 6 rings (SSSR count). The number of halogens is 2. The number of benzene rings is 1. The van der Waals surface area contributed by atoms with Crippen molar-refractivity contribution in [1.29, 1.82) is 0 Å². The summed E-state index contributed by atoms with van der Waals surface area (Å²) in [7, 11) is 3.39. The fraction of sp³-hybridized carbons (Fsp3) is 0.515. The van der Waals surface area contributed by atoms with Crippen LogP contribution in [0, 0.1) is 5.92 Å². The van der Waals surface area contributed by atoms with Crippen molar-refractivity contribution in [2.24, 2.45) is 13.0 Å². The first-order valence-corrected chi connectivity index (χ1v) is 17.1. The van der Waals surface area contributed by atoms with Crippen molar-refractivity contribution >= 4 is 51.8 Å². The minimum absolute atomic E-state index is 0.116. The number of likely N-dealkylation sites (tertiary alicyclic amines) is 1. The van der Waals surface area contributed by atoms with E-state index < -0.39 is 24.0 Å². The van der Waals surface area contributed by atoms with E-state index in [-0.39, 0.29) is 24.7 Å². The number of methoxy groups -OCH3 is 1. The van der Waals surface area contributed by atoms with Gasteiger partial charge in [-0.15, -0.1) is 0 Å².